The Bertz CT molecular complexity index is 573. The lowest BCUT2D eigenvalue weighted by molar-refractivity contribution is -0.117. The molecule has 20 heavy (non-hydrogen) atoms. The monoisotopic (exact) mass is 272 g/mol. The molecule has 2 amide bonds. The van der Waals surface area contributed by atoms with Crippen LogP contribution in [0.15, 0.2) is 36.0 Å². The van der Waals surface area contributed by atoms with Gasteiger partial charge in [0.25, 0.3) is 0 Å². The molecule has 2 aliphatic rings. The maximum Gasteiger partial charge on any atom is 0.319 e. The van der Waals surface area contributed by atoms with Crippen molar-refractivity contribution in [3.8, 4) is 5.75 Å². The number of hydrogen-bond donors (Lipinski definition) is 2. The van der Waals surface area contributed by atoms with E-state index in [0.717, 1.165) is 24.2 Å². The van der Waals surface area contributed by atoms with Gasteiger partial charge in [0, 0.05) is 17.7 Å². The molecule has 0 saturated heterocycles. The van der Waals surface area contributed by atoms with Gasteiger partial charge in [-0.1, -0.05) is 12.1 Å². The first-order chi connectivity index (χ1) is 9.69. The average Bonchev–Trinajstić information content (AvgIpc) is 3.31. The summed E-state index contributed by atoms with van der Waals surface area (Å²) in [5, 5.41) is 5.36. The lowest BCUT2D eigenvalue weighted by Gasteiger charge is -2.25. The first kappa shape index (κ1) is 12.7. The maximum atomic E-state index is 12.3. The topological polar surface area (TPSA) is 67.4 Å². The number of carbonyl (C=O) groups is 2. The van der Waals surface area contributed by atoms with Crippen molar-refractivity contribution < 1.29 is 14.3 Å². The van der Waals surface area contributed by atoms with Gasteiger partial charge in [-0.25, -0.2) is 4.79 Å². The Labute approximate surface area is 117 Å². The zero-order valence-electron chi connectivity index (χ0n) is 11.2. The van der Waals surface area contributed by atoms with E-state index < -0.39 is 0 Å². The average molecular weight is 272 g/mol. The molecule has 2 N–H and O–H groups in total. The van der Waals surface area contributed by atoms with E-state index in [1.165, 1.54) is 6.20 Å². The molecule has 1 aromatic carbocycles. The zero-order chi connectivity index (χ0) is 14.1. The highest BCUT2D eigenvalue weighted by molar-refractivity contribution is 6.01. The first-order valence-electron chi connectivity index (χ1n) is 6.64. The van der Waals surface area contributed by atoms with Crippen LogP contribution in [0.2, 0.25) is 0 Å². The third-order valence-corrected chi connectivity index (χ3v) is 3.63. The summed E-state index contributed by atoms with van der Waals surface area (Å²) in [4.78, 5) is 23.8. The number of nitrogens with one attached hydrogen (secondary N) is 2. The molecule has 5 heteroatoms. The van der Waals surface area contributed by atoms with Crippen LogP contribution in [0, 0.1) is 5.92 Å². The summed E-state index contributed by atoms with van der Waals surface area (Å²) < 4.78 is 5.12. The number of Topliss-reactive ketones (excluding diaryl/α,β-unsaturated/α-hetero) is 1. The Kier molecular flexibility index (Phi) is 3.18. The highest BCUT2D eigenvalue weighted by Crippen LogP contribution is 2.36. The van der Waals surface area contributed by atoms with Crippen molar-refractivity contribution in [1.82, 2.24) is 10.6 Å². The lowest BCUT2D eigenvalue weighted by Crippen LogP contribution is -2.42. The van der Waals surface area contributed by atoms with Gasteiger partial charge in [0.15, 0.2) is 5.78 Å². The highest BCUT2D eigenvalue weighted by Gasteiger charge is 2.37. The Morgan fingerprint density at radius 2 is 1.95 bits per heavy atom. The van der Waals surface area contributed by atoms with Crippen LogP contribution in [0.5, 0.6) is 5.75 Å². The molecule has 0 bridgehead atoms. The molecular formula is C15H16N2O3. The van der Waals surface area contributed by atoms with Crippen LogP contribution < -0.4 is 15.4 Å². The molecule has 1 aliphatic carbocycles. The van der Waals surface area contributed by atoms with Crippen LogP contribution in [-0.4, -0.2) is 18.9 Å². The van der Waals surface area contributed by atoms with E-state index in [1.807, 2.05) is 24.3 Å². The van der Waals surface area contributed by atoms with E-state index in [0.29, 0.717) is 5.57 Å². The van der Waals surface area contributed by atoms with Gasteiger partial charge in [-0.3, -0.25) is 4.79 Å². The largest absolute Gasteiger partial charge is 0.497 e. The third kappa shape index (κ3) is 2.39. The zero-order valence-corrected chi connectivity index (χ0v) is 11.2. The van der Waals surface area contributed by atoms with Gasteiger partial charge in [0.2, 0.25) is 0 Å². The van der Waals surface area contributed by atoms with Crippen LogP contribution in [-0.2, 0) is 4.79 Å². The van der Waals surface area contributed by atoms with Crippen molar-refractivity contribution in [2.45, 2.75) is 18.9 Å². The molecule has 1 aromatic rings. The van der Waals surface area contributed by atoms with E-state index in [1.54, 1.807) is 7.11 Å². The smallest absolute Gasteiger partial charge is 0.319 e. The molecular weight excluding hydrogens is 256 g/mol. The Morgan fingerprint density at radius 3 is 2.55 bits per heavy atom. The minimum atomic E-state index is -0.386. The molecule has 0 radical (unpaired) electrons. The van der Waals surface area contributed by atoms with Gasteiger partial charge in [-0.15, -0.1) is 0 Å². The molecule has 1 atom stereocenters. The minimum Gasteiger partial charge on any atom is -0.497 e. The molecule has 1 saturated carbocycles. The SMILES string of the molecule is COc1ccc(C2NC(=O)NC=C2C(=O)C2CC2)cc1. The second-order valence-electron chi connectivity index (χ2n) is 5.06. The van der Waals surface area contributed by atoms with Gasteiger partial charge in [0.1, 0.15) is 5.75 Å². The van der Waals surface area contributed by atoms with E-state index in [9.17, 15) is 9.59 Å². The fraction of sp³-hybridized carbons (Fsp3) is 0.333. The summed E-state index contributed by atoms with van der Waals surface area (Å²) >= 11 is 0. The van der Waals surface area contributed by atoms with Crippen LogP contribution >= 0.6 is 0 Å². The predicted octanol–water partition coefficient (Wildman–Crippen LogP) is 1.91. The molecule has 1 fully saturated rings. The molecule has 1 heterocycles. The number of amides is 2. The number of rotatable bonds is 4. The maximum absolute atomic E-state index is 12.3. The molecule has 0 aromatic heterocycles. The lowest BCUT2D eigenvalue weighted by atomic mass is 9.93. The second kappa shape index (κ2) is 5.00. The van der Waals surface area contributed by atoms with Crippen molar-refractivity contribution in [2.24, 2.45) is 5.92 Å². The second-order valence-corrected chi connectivity index (χ2v) is 5.06. The van der Waals surface area contributed by atoms with Gasteiger partial charge in [-0.05, 0) is 30.5 Å². The predicted molar refractivity (Wildman–Crippen MR) is 73.2 cm³/mol. The molecule has 104 valence electrons. The summed E-state index contributed by atoms with van der Waals surface area (Å²) in [5.41, 5.74) is 1.50. The van der Waals surface area contributed by atoms with Gasteiger partial charge >= 0.3 is 6.03 Å². The molecule has 1 aliphatic heterocycles. The molecule has 0 spiro atoms. The Balaban J connectivity index is 1.90. The Hall–Kier alpha value is -2.30. The highest BCUT2D eigenvalue weighted by atomic mass is 16.5. The summed E-state index contributed by atoms with van der Waals surface area (Å²) in [7, 11) is 1.60. The number of ketones is 1. The van der Waals surface area contributed by atoms with Crippen LogP contribution in [0.1, 0.15) is 24.4 Å². The van der Waals surface area contributed by atoms with Crippen LogP contribution in [0.25, 0.3) is 0 Å². The summed E-state index contributed by atoms with van der Waals surface area (Å²) in [6, 6.07) is 6.69. The minimum absolute atomic E-state index is 0.123. The number of hydrogen-bond acceptors (Lipinski definition) is 3. The standard InChI is InChI=1S/C15H16N2O3/c1-20-11-6-4-9(5-7-11)13-12(8-16-15(19)17-13)14(18)10-2-3-10/h4-8,10,13H,2-3H2,1H3,(H2,16,17,19). The number of carbonyl (C=O) groups excluding carboxylic acids is 2. The van der Waals surface area contributed by atoms with E-state index in [-0.39, 0.29) is 23.8 Å². The van der Waals surface area contributed by atoms with Crippen molar-refractivity contribution in [2.75, 3.05) is 7.11 Å². The fourth-order valence-corrected chi connectivity index (χ4v) is 2.33. The number of methoxy groups -OCH3 is 1. The third-order valence-electron chi connectivity index (χ3n) is 3.63. The molecule has 1 unspecified atom stereocenters. The first-order valence-corrected chi connectivity index (χ1v) is 6.64. The van der Waals surface area contributed by atoms with Crippen molar-refractivity contribution in [3.05, 3.63) is 41.6 Å². The van der Waals surface area contributed by atoms with Crippen molar-refractivity contribution in [1.29, 1.82) is 0 Å². The Morgan fingerprint density at radius 1 is 1.25 bits per heavy atom. The van der Waals surface area contributed by atoms with Crippen molar-refractivity contribution >= 4 is 11.8 Å². The van der Waals surface area contributed by atoms with E-state index in [4.69, 9.17) is 4.74 Å². The molecule has 5 nitrogen and oxygen atoms in total. The number of benzene rings is 1. The van der Waals surface area contributed by atoms with Gasteiger partial charge < -0.3 is 15.4 Å². The summed E-state index contributed by atoms with van der Waals surface area (Å²) in [6.45, 7) is 0. The fourth-order valence-electron chi connectivity index (χ4n) is 2.33. The normalized spacial score (nSPS) is 21.6. The van der Waals surface area contributed by atoms with E-state index >= 15 is 0 Å². The van der Waals surface area contributed by atoms with Crippen molar-refractivity contribution in [3.63, 3.8) is 0 Å². The van der Waals surface area contributed by atoms with Gasteiger partial charge in [0.05, 0.1) is 13.2 Å². The molecule has 3 rings (SSSR count). The van der Waals surface area contributed by atoms with Crippen LogP contribution in [0.4, 0.5) is 4.79 Å². The number of urea groups is 1. The van der Waals surface area contributed by atoms with Gasteiger partial charge in [-0.2, -0.15) is 0 Å². The number of ether oxygens (including phenoxy) is 1. The van der Waals surface area contributed by atoms with E-state index in [2.05, 4.69) is 10.6 Å². The van der Waals surface area contributed by atoms with Crippen LogP contribution in [0.3, 0.4) is 0 Å². The quantitative estimate of drug-likeness (QED) is 0.879. The summed E-state index contributed by atoms with van der Waals surface area (Å²) in [5.74, 6) is 0.991. The summed E-state index contributed by atoms with van der Waals surface area (Å²) in [6.07, 6.45) is 3.42.